The Morgan fingerprint density at radius 3 is 2.59 bits per heavy atom. The number of hydrogen-bond donors (Lipinski definition) is 1. The Bertz CT molecular complexity index is 1240. The van der Waals surface area contributed by atoms with E-state index in [0.717, 1.165) is 5.56 Å². The molecule has 3 aromatic rings. The van der Waals surface area contributed by atoms with Crippen LogP contribution >= 0.6 is 0 Å². The topological polar surface area (TPSA) is 116 Å². The van der Waals surface area contributed by atoms with Crippen molar-refractivity contribution in [2.24, 2.45) is 0 Å². The molecule has 34 heavy (non-hydrogen) atoms. The van der Waals surface area contributed by atoms with Gasteiger partial charge >= 0.3 is 0 Å². The summed E-state index contributed by atoms with van der Waals surface area (Å²) in [5.41, 5.74) is 1.53. The van der Waals surface area contributed by atoms with Gasteiger partial charge in [-0.1, -0.05) is 6.07 Å². The average Bonchev–Trinajstić information content (AvgIpc) is 3.34. The van der Waals surface area contributed by atoms with E-state index in [2.05, 4.69) is 15.2 Å². The van der Waals surface area contributed by atoms with E-state index in [9.17, 15) is 9.59 Å². The summed E-state index contributed by atoms with van der Waals surface area (Å²) in [6.45, 7) is 0.691. The number of carbonyl (C=O) groups excluding carboxylic acids is 1. The van der Waals surface area contributed by atoms with E-state index in [-0.39, 0.29) is 36.8 Å². The molecule has 0 bridgehead atoms. The Morgan fingerprint density at radius 1 is 1.03 bits per heavy atom. The number of hydrogen-bond acceptors (Lipinski definition) is 8. The highest BCUT2D eigenvalue weighted by molar-refractivity contribution is 5.76. The first-order chi connectivity index (χ1) is 16.5. The van der Waals surface area contributed by atoms with Gasteiger partial charge in [0.2, 0.25) is 12.7 Å². The number of fused-ring (bicyclic) bond motifs is 1. The second kappa shape index (κ2) is 10.2. The van der Waals surface area contributed by atoms with Crippen LogP contribution in [0.25, 0.3) is 11.4 Å². The summed E-state index contributed by atoms with van der Waals surface area (Å²) < 4.78 is 21.2. The number of aromatic amines is 1. The third-order valence-corrected chi connectivity index (χ3v) is 5.60. The van der Waals surface area contributed by atoms with Crippen molar-refractivity contribution in [1.29, 1.82) is 0 Å². The monoisotopic (exact) mass is 466 g/mol. The largest absolute Gasteiger partial charge is 0.493 e. The van der Waals surface area contributed by atoms with Crippen molar-refractivity contribution in [2.45, 2.75) is 19.3 Å². The highest BCUT2D eigenvalue weighted by Crippen LogP contribution is 2.34. The van der Waals surface area contributed by atoms with Gasteiger partial charge in [-0.05, 0) is 42.3 Å². The predicted molar refractivity (Wildman–Crippen MR) is 123 cm³/mol. The molecule has 0 spiro atoms. The van der Waals surface area contributed by atoms with Crippen LogP contribution in [-0.4, -0.2) is 60.6 Å². The summed E-state index contributed by atoms with van der Waals surface area (Å²) in [5.74, 6) is 2.78. The Kier molecular flexibility index (Phi) is 6.95. The molecule has 2 aromatic carbocycles. The molecule has 0 atom stereocenters. The van der Waals surface area contributed by atoms with Gasteiger partial charge in [0.25, 0.3) is 5.56 Å². The lowest BCUT2D eigenvalue weighted by Crippen LogP contribution is -2.30. The fraction of sp³-hybridized carbons (Fsp3) is 0.333. The SMILES string of the molecule is COc1ccc(CCN(C)C(=O)CCc2nnc(-c3ccc4c(c3)OCO4)[nH]c2=O)cc1OC. The number of likely N-dealkylation sites (N-methyl/N-ethyl adjacent to an activating group) is 1. The number of H-pyrrole nitrogens is 1. The number of ether oxygens (including phenoxy) is 4. The summed E-state index contributed by atoms with van der Waals surface area (Å²) in [5, 5.41) is 8.16. The summed E-state index contributed by atoms with van der Waals surface area (Å²) >= 11 is 0. The van der Waals surface area contributed by atoms with E-state index < -0.39 is 0 Å². The number of carbonyl (C=O) groups is 1. The number of nitrogens with one attached hydrogen (secondary N) is 1. The van der Waals surface area contributed by atoms with E-state index in [4.69, 9.17) is 18.9 Å². The van der Waals surface area contributed by atoms with Crippen LogP contribution < -0.4 is 24.5 Å². The van der Waals surface area contributed by atoms with Gasteiger partial charge in [-0.3, -0.25) is 9.59 Å². The molecule has 1 amide bonds. The fourth-order valence-corrected chi connectivity index (χ4v) is 3.57. The molecule has 178 valence electrons. The van der Waals surface area contributed by atoms with Crippen molar-refractivity contribution in [3.05, 3.63) is 58.0 Å². The number of aryl methyl sites for hydroxylation is 1. The number of benzene rings is 2. The zero-order valence-electron chi connectivity index (χ0n) is 19.3. The van der Waals surface area contributed by atoms with Gasteiger partial charge < -0.3 is 28.8 Å². The summed E-state index contributed by atoms with van der Waals surface area (Å²) in [6, 6.07) is 10.9. The average molecular weight is 466 g/mol. The van der Waals surface area contributed by atoms with Gasteiger partial charge in [0.15, 0.2) is 28.8 Å². The van der Waals surface area contributed by atoms with Crippen LogP contribution in [-0.2, 0) is 17.6 Å². The molecule has 4 rings (SSSR count). The summed E-state index contributed by atoms with van der Waals surface area (Å²) in [7, 11) is 4.91. The molecule has 10 heteroatoms. The lowest BCUT2D eigenvalue weighted by molar-refractivity contribution is -0.129. The van der Waals surface area contributed by atoms with Gasteiger partial charge in [0.05, 0.1) is 14.2 Å². The number of methoxy groups -OCH3 is 2. The predicted octanol–water partition coefficient (Wildman–Crippen LogP) is 2.21. The maximum absolute atomic E-state index is 12.6. The van der Waals surface area contributed by atoms with E-state index in [1.807, 2.05) is 18.2 Å². The molecule has 10 nitrogen and oxygen atoms in total. The highest BCUT2D eigenvalue weighted by atomic mass is 16.7. The first-order valence-electron chi connectivity index (χ1n) is 10.8. The summed E-state index contributed by atoms with van der Waals surface area (Å²) in [6.07, 6.45) is 1.01. The molecule has 0 radical (unpaired) electrons. The van der Waals surface area contributed by atoms with Crippen molar-refractivity contribution in [3.63, 3.8) is 0 Å². The zero-order chi connectivity index (χ0) is 24.1. The van der Waals surface area contributed by atoms with Crippen LogP contribution in [0.15, 0.2) is 41.2 Å². The normalized spacial score (nSPS) is 11.9. The van der Waals surface area contributed by atoms with Gasteiger partial charge in [0, 0.05) is 32.0 Å². The maximum atomic E-state index is 12.6. The van der Waals surface area contributed by atoms with Crippen LogP contribution in [0.4, 0.5) is 0 Å². The number of nitrogens with zero attached hydrogens (tertiary/aromatic N) is 3. The lowest BCUT2D eigenvalue weighted by Gasteiger charge is -2.17. The lowest BCUT2D eigenvalue weighted by atomic mass is 10.1. The van der Waals surface area contributed by atoms with E-state index in [1.54, 1.807) is 44.4 Å². The first-order valence-corrected chi connectivity index (χ1v) is 10.8. The molecule has 0 unspecified atom stereocenters. The van der Waals surface area contributed by atoms with Crippen molar-refractivity contribution in [1.82, 2.24) is 20.1 Å². The van der Waals surface area contributed by atoms with Crippen LogP contribution in [0.5, 0.6) is 23.0 Å². The number of aromatic nitrogens is 3. The third-order valence-electron chi connectivity index (χ3n) is 5.60. The number of rotatable bonds is 9. The Labute approximate surface area is 196 Å². The van der Waals surface area contributed by atoms with E-state index >= 15 is 0 Å². The first kappa shape index (κ1) is 23.1. The molecule has 2 heterocycles. The van der Waals surface area contributed by atoms with Crippen molar-refractivity contribution < 1.29 is 23.7 Å². The van der Waals surface area contributed by atoms with E-state index in [1.165, 1.54) is 0 Å². The molecule has 1 aliphatic heterocycles. The molecule has 0 saturated carbocycles. The molecule has 1 aliphatic rings. The van der Waals surface area contributed by atoms with Crippen LogP contribution in [0.2, 0.25) is 0 Å². The minimum Gasteiger partial charge on any atom is -0.493 e. The second-order valence-electron chi connectivity index (χ2n) is 7.77. The van der Waals surface area contributed by atoms with Crippen molar-refractivity contribution in [2.75, 3.05) is 34.6 Å². The van der Waals surface area contributed by atoms with Crippen LogP contribution in [0.3, 0.4) is 0 Å². The molecule has 0 fully saturated rings. The van der Waals surface area contributed by atoms with Gasteiger partial charge in [-0.2, -0.15) is 0 Å². The van der Waals surface area contributed by atoms with Crippen LogP contribution in [0.1, 0.15) is 17.7 Å². The molecule has 0 saturated heterocycles. The zero-order valence-corrected chi connectivity index (χ0v) is 19.3. The van der Waals surface area contributed by atoms with Crippen molar-refractivity contribution in [3.8, 4) is 34.4 Å². The highest BCUT2D eigenvalue weighted by Gasteiger charge is 2.16. The second-order valence-corrected chi connectivity index (χ2v) is 7.77. The molecule has 1 N–H and O–H groups in total. The standard InChI is InChI=1S/C24H26N4O6/c1-28(11-10-15-4-7-18(31-2)20(12-15)32-3)22(29)9-6-17-24(30)25-23(27-26-17)16-5-8-19-21(13-16)34-14-33-19/h4-5,7-8,12-13H,6,9-11,14H2,1-3H3,(H,25,27,30). The number of amides is 1. The minimum absolute atomic E-state index is 0.0819. The minimum atomic E-state index is -0.372. The summed E-state index contributed by atoms with van der Waals surface area (Å²) in [4.78, 5) is 29.4. The molecular weight excluding hydrogens is 440 g/mol. The maximum Gasteiger partial charge on any atom is 0.273 e. The quantitative estimate of drug-likeness (QED) is 0.510. The molecule has 0 aliphatic carbocycles. The molecular formula is C24H26N4O6. The fourth-order valence-electron chi connectivity index (χ4n) is 3.57. The van der Waals surface area contributed by atoms with Gasteiger partial charge in [-0.15, -0.1) is 10.2 Å². The van der Waals surface area contributed by atoms with Gasteiger partial charge in [-0.25, -0.2) is 0 Å². The Balaban J connectivity index is 1.32. The van der Waals surface area contributed by atoms with Crippen molar-refractivity contribution >= 4 is 5.91 Å². The van der Waals surface area contributed by atoms with E-state index in [0.29, 0.717) is 47.4 Å². The van der Waals surface area contributed by atoms with Gasteiger partial charge in [0.1, 0.15) is 5.69 Å². The van der Waals surface area contributed by atoms with Crippen LogP contribution in [0, 0.1) is 0 Å². The Hall–Kier alpha value is -4.08. The Morgan fingerprint density at radius 2 is 1.82 bits per heavy atom. The molecule has 1 aromatic heterocycles. The third kappa shape index (κ3) is 5.11. The smallest absolute Gasteiger partial charge is 0.273 e.